The molecule has 0 atom stereocenters. The molecule has 0 aliphatic heterocycles. The Balaban J connectivity index is 1.80. The lowest BCUT2D eigenvalue weighted by Crippen LogP contribution is -1.89. The zero-order chi connectivity index (χ0) is 19.7. The van der Waals surface area contributed by atoms with Crippen molar-refractivity contribution in [2.45, 2.75) is 13.8 Å². The summed E-state index contributed by atoms with van der Waals surface area (Å²) in [4.78, 5) is 8.83. The quantitative estimate of drug-likeness (QED) is 0.301. The lowest BCUT2D eigenvalue weighted by Gasteiger charge is -2.09. The SMILES string of the molecule is C/C(=C\c1cc2cc(-c3ccccc3C)ccc2nc1Cl)c1cncc(Br)c1. The molecule has 0 fully saturated rings. The van der Waals surface area contributed by atoms with Crippen LogP contribution in [0.1, 0.15) is 23.6 Å². The van der Waals surface area contributed by atoms with E-state index in [1.54, 1.807) is 6.20 Å². The number of aromatic nitrogens is 2. The number of allylic oxidation sites excluding steroid dienone is 1. The van der Waals surface area contributed by atoms with Gasteiger partial charge in [-0.2, -0.15) is 0 Å². The van der Waals surface area contributed by atoms with Crippen LogP contribution in [0.2, 0.25) is 5.15 Å². The summed E-state index contributed by atoms with van der Waals surface area (Å²) in [6.07, 6.45) is 5.67. The molecule has 0 saturated heterocycles. The second kappa shape index (κ2) is 7.86. The van der Waals surface area contributed by atoms with Crippen LogP contribution in [0.25, 0.3) is 33.7 Å². The Morgan fingerprint density at radius 3 is 2.64 bits per heavy atom. The van der Waals surface area contributed by atoms with E-state index in [0.717, 1.165) is 32.1 Å². The van der Waals surface area contributed by atoms with Crippen LogP contribution in [0, 0.1) is 6.92 Å². The summed E-state index contributed by atoms with van der Waals surface area (Å²) in [5.41, 5.74) is 7.56. The summed E-state index contributed by atoms with van der Waals surface area (Å²) in [7, 11) is 0. The predicted octanol–water partition coefficient (Wildman–Crippen LogP) is 7.58. The zero-order valence-corrected chi connectivity index (χ0v) is 17.9. The van der Waals surface area contributed by atoms with Crippen LogP contribution in [0.5, 0.6) is 0 Å². The van der Waals surface area contributed by atoms with E-state index in [-0.39, 0.29) is 0 Å². The maximum atomic E-state index is 6.47. The normalized spacial score (nSPS) is 11.8. The monoisotopic (exact) mass is 448 g/mol. The van der Waals surface area contributed by atoms with Crippen molar-refractivity contribution in [3.63, 3.8) is 0 Å². The maximum Gasteiger partial charge on any atom is 0.137 e. The smallest absolute Gasteiger partial charge is 0.137 e. The molecule has 4 rings (SSSR count). The van der Waals surface area contributed by atoms with Crippen LogP contribution in [-0.4, -0.2) is 9.97 Å². The third-order valence-electron chi connectivity index (χ3n) is 4.78. The average molecular weight is 450 g/mol. The first kappa shape index (κ1) is 18.9. The molecule has 0 saturated carbocycles. The van der Waals surface area contributed by atoms with Gasteiger partial charge in [0.2, 0.25) is 0 Å². The lowest BCUT2D eigenvalue weighted by atomic mass is 9.98. The van der Waals surface area contributed by atoms with Crippen LogP contribution < -0.4 is 0 Å². The van der Waals surface area contributed by atoms with Crippen molar-refractivity contribution < 1.29 is 0 Å². The first-order valence-corrected chi connectivity index (χ1v) is 10.1. The molecule has 0 spiro atoms. The maximum absolute atomic E-state index is 6.47. The Morgan fingerprint density at radius 2 is 1.86 bits per heavy atom. The van der Waals surface area contributed by atoms with Crippen LogP contribution in [0.15, 0.2) is 71.5 Å². The molecule has 2 aromatic carbocycles. The molecule has 2 nitrogen and oxygen atoms in total. The minimum absolute atomic E-state index is 0.499. The van der Waals surface area contributed by atoms with Gasteiger partial charge in [0.25, 0.3) is 0 Å². The van der Waals surface area contributed by atoms with Gasteiger partial charge in [-0.25, -0.2) is 4.98 Å². The predicted molar refractivity (Wildman–Crippen MR) is 122 cm³/mol. The molecule has 0 aliphatic carbocycles. The van der Waals surface area contributed by atoms with Gasteiger partial charge in [-0.1, -0.05) is 41.9 Å². The summed E-state index contributed by atoms with van der Waals surface area (Å²) >= 11 is 9.94. The molecule has 28 heavy (non-hydrogen) atoms. The van der Waals surface area contributed by atoms with Crippen molar-refractivity contribution in [1.82, 2.24) is 9.97 Å². The van der Waals surface area contributed by atoms with Crippen molar-refractivity contribution in [2.75, 3.05) is 0 Å². The third kappa shape index (κ3) is 3.87. The Hall–Kier alpha value is -2.49. The molecule has 0 aliphatic rings. The van der Waals surface area contributed by atoms with Crippen molar-refractivity contribution in [2.24, 2.45) is 0 Å². The fourth-order valence-corrected chi connectivity index (χ4v) is 3.84. The van der Waals surface area contributed by atoms with E-state index in [2.05, 4.69) is 81.4 Å². The van der Waals surface area contributed by atoms with E-state index in [1.807, 2.05) is 25.3 Å². The van der Waals surface area contributed by atoms with Gasteiger partial charge >= 0.3 is 0 Å². The van der Waals surface area contributed by atoms with Gasteiger partial charge in [0, 0.05) is 27.8 Å². The molecule has 0 amide bonds. The average Bonchev–Trinajstić information content (AvgIpc) is 2.68. The van der Waals surface area contributed by atoms with Gasteiger partial charge in [0.15, 0.2) is 0 Å². The molecular formula is C24H18BrClN2. The topological polar surface area (TPSA) is 25.8 Å². The minimum atomic E-state index is 0.499. The molecule has 0 unspecified atom stereocenters. The zero-order valence-electron chi connectivity index (χ0n) is 15.6. The number of fused-ring (bicyclic) bond motifs is 1. The van der Waals surface area contributed by atoms with E-state index >= 15 is 0 Å². The minimum Gasteiger partial charge on any atom is -0.263 e. The third-order valence-corrected chi connectivity index (χ3v) is 5.52. The summed E-state index contributed by atoms with van der Waals surface area (Å²) in [5.74, 6) is 0. The molecule has 4 aromatic rings. The number of halogens is 2. The number of nitrogens with zero attached hydrogens (tertiary/aromatic N) is 2. The van der Waals surface area contributed by atoms with Gasteiger partial charge in [-0.05, 0) is 87.9 Å². The second-order valence-corrected chi connectivity index (χ2v) is 8.08. The van der Waals surface area contributed by atoms with E-state index in [9.17, 15) is 0 Å². The molecule has 138 valence electrons. The molecule has 0 radical (unpaired) electrons. The van der Waals surface area contributed by atoms with E-state index in [0.29, 0.717) is 5.15 Å². The molecule has 0 bridgehead atoms. The van der Waals surface area contributed by atoms with Crippen LogP contribution in [0.3, 0.4) is 0 Å². The fraction of sp³-hybridized carbons (Fsp3) is 0.0833. The summed E-state index contributed by atoms with van der Waals surface area (Å²) in [5, 5.41) is 1.56. The number of rotatable bonds is 3. The van der Waals surface area contributed by atoms with Gasteiger partial charge in [0.05, 0.1) is 5.52 Å². The van der Waals surface area contributed by atoms with Gasteiger partial charge in [0.1, 0.15) is 5.15 Å². The van der Waals surface area contributed by atoms with Crippen molar-refractivity contribution in [3.8, 4) is 11.1 Å². The van der Waals surface area contributed by atoms with Crippen LogP contribution in [0.4, 0.5) is 0 Å². The first-order chi connectivity index (χ1) is 13.5. The largest absolute Gasteiger partial charge is 0.263 e. The first-order valence-electron chi connectivity index (χ1n) is 8.97. The number of pyridine rings is 2. The summed E-state index contributed by atoms with van der Waals surface area (Å²) in [6, 6.07) is 18.8. The number of benzene rings is 2. The highest BCUT2D eigenvalue weighted by atomic mass is 79.9. The molecule has 4 heteroatoms. The molecule has 2 heterocycles. The number of aryl methyl sites for hydroxylation is 1. The van der Waals surface area contributed by atoms with Crippen LogP contribution in [-0.2, 0) is 0 Å². The highest BCUT2D eigenvalue weighted by molar-refractivity contribution is 9.10. The Kier molecular flexibility index (Phi) is 5.29. The highest BCUT2D eigenvalue weighted by Gasteiger charge is 2.08. The lowest BCUT2D eigenvalue weighted by molar-refractivity contribution is 1.29. The Morgan fingerprint density at radius 1 is 1.04 bits per heavy atom. The fourth-order valence-electron chi connectivity index (χ4n) is 3.28. The van der Waals surface area contributed by atoms with Crippen molar-refractivity contribution >= 4 is 50.1 Å². The number of hydrogen-bond acceptors (Lipinski definition) is 2. The summed E-state index contributed by atoms with van der Waals surface area (Å²) in [6.45, 7) is 4.18. The summed E-state index contributed by atoms with van der Waals surface area (Å²) < 4.78 is 0.948. The van der Waals surface area contributed by atoms with Crippen molar-refractivity contribution in [3.05, 3.63) is 93.3 Å². The standard InChI is InChI=1S/C24H18BrClN2/c1-15-5-3-4-6-22(15)17-7-8-23-18(10-17)11-19(24(26)28-23)9-16(2)20-12-21(25)14-27-13-20/h3-14H,1-2H3/b16-9+. The van der Waals surface area contributed by atoms with Crippen LogP contribution >= 0.6 is 27.5 Å². The molecular weight excluding hydrogens is 432 g/mol. The molecule has 0 N–H and O–H groups in total. The van der Waals surface area contributed by atoms with E-state index in [1.165, 1.54) is 16.7 Å². The molecule has 2 aromatic heterocycles. The Labute approximate surface area is 178 Å². The van der Waals surface area contributed by atoms with E-state index < -0.39 is 0 Å². The number of hydrogen-bond donors (Lipinski definition) is 0. The second-order valence-electron chi connectivity index (χ2n) is 6.81. The van der Waals surface area contributed by atoms with E-state index in [4.69, 9.17) is 11.6 Å². The highest BCUT2D eigenvalue weighted by Crippen LogP contribution is 2.30. The van der Waals surface area contributed by atoms with Crippen molar-refractivity contribution in [1.29, 1.82) is 0 Å². The van der Waals surface area contributed by atoms with Gasteiger partial charge < -0.3 is 0 Å². The Bertz CT molecular complexity index is 1210. The van der Waals surface area contributed by atoms with Gasteiger partial charge in [-0.15, -0.1) is 0 Å². The van der Waals surface area contributed by atoms with Gasteiger partial charge in [-0.3, -0.25) is 4.98 Å².